The topological polar surface area (TPSA) is 44.4 Å². The number of anilines is 2. The molecular weight excluding hydrogens is 262 g/mol. The lowest BCUT2D eigenvalue weighted by molar-refractivity contribution is 0.252. The molecule has 1 heterocycles. The molecular formula is C17H25N3O. The van der Waals surface area contributed by atoms with Crippen LogP contribution in [0.25, 0.3) is 0 Å². The summed E-state index contributed by atoms with van der Waals surface area (Å²) in [4.78, 5) is 13.6. The number of hydrogen-bond acceptors (Lipinski definition) is 2. The molecule has 1 aromatic carbocycles. The van der Waals surface area contributed by atoms with Crippen LogP contribution in [0.5, 0.6) is 0 Å². The van der Waals surface area contributed by atoms with E-state index in [-0.39, 0.29) is 6.03 Å². The highest BCUT2D eigenvalue weighted by atomic mass is 16.2. The Bertz CT molecular complexity index is 497. The average molecular weight is 287 g/mol. The number of benzene rings is 1. The largest absolute Gasteiger partial charge is 0.382 e. The first-order valence-electron chi connectivity index (χ1n) is 8.16. The molecule has 1 atom stereocenters. The minimum atomic E-state index is 0.00692. The Morgan fingerprint density at radius 3 is 2.81 bits per heavy atom. The Balaban J connectivity index is 1.66. The highest BCUT2D eigenvalue weighted by Gasteiger charge is 2.22. The van der Waals surface area contributed by atoms with E-state index < -0.39 is 0 Å². The molecule has 114 valence electrons. The van der Waals surface area contributed by atoms with Crippen LogP contribution >= 0.6 is 0 Å². The lowest BCUT2D eigenvalue weighted by Gasteiger charge is -2.29. The SMILES string of the molecule is CC(Nc1cccc(N2CCNC2=O)c1)C1CCCCC1. The summed E-state index contributed by atoms with van der Waals surface area (Å²) in [6, 6.07) is 8.71. The van der Waals surface area contributed by atoms with Gasteiger partial charge in [-0.2, -0.15) is 0 Å². The number of nitrogens with zero attached hydrogens (tertiary/aromatic N) is 1. The van der Waals surface area contributed by atoms with E-state index in [0.29, 0.717) is 6.04 Å². The van der Waals surface area contributed by atoms with Crippen LogP contribution in [0, 0.1) is 5.92 Å². The van der Waals surface area contributed by atoms with Crippen LogP contribution < -0.4 is 15.5 Å². The predicted molar refractivity (Wildman–Crippen MR) is 86.8 cm³/mol. The fourth-order valence-electron chi connectivity index (χ4n) is 3.50. The third-order valence-corrected chi connectivity index (χ3v) is 4.77. The Hall–Kier alpha value is -1.71. The minimum absolute atomic E-state index is 0.00692. The maximum atomic E-state index is 11.7. The van der Waals surface area contributed by atoms with Crippen molar-refractivity contribution >= 4 is 17.4 Å². The van der Waals surface area contributed by atoms with Crippen LogP contribution in [-0.4, -0.2) is 25.2 Å². The zero-order valence-electron chi connectivity index (χ0n) is 12.8. The molecule has 0 aromatic heterocycles. The van der Waals surface area contributed by atoms with E-state index in [9.17, 15) is 4.79 Å². The van der Waals surface area contributed by atoms with Crippen molar-refractivity contribution in [1.82, 2.24) is 5.32 Å². The van der Waals surface area contributed by atoms with Crippen LogP contribution in [0.2, 0.25) is 0 Å². The van der Waals surface area contributed by atoms with Gasteiger partial charge in [0, 0.05) is 30.5 Å². The highest BCUT2D eigenvalue weighted by molar-refractivity contribution is 5.94. The zero-order chi connectivity index (χ0) is 14.7. The fraction of sp³-hybridized carbons (Fsp3) is 0.588. The summed E-state index contributed by atoms with van der Waals surface area (Å²) in [5.41, 5.74) is 2.09. The van der Waals surface area contributed by atoms with Crippen molar-refractivity contribution in [2.24, 2.45) is 5.92 Å². The quantitative estimate of drug-likeness (QED) is 0.888. The molecule has 1 saturated carbocycles. The maximum absolute atomic E-state index is 11.7. The second-order valence-electron chi connectivity index (χ2n) is 6.26. The van der Waals surface area contributed by atoms with Gasteiger partial charge in [-0.05, 0) is 43.9 Å². The van der Waals surface area contributed by atoms with Gasteiger partial charge in [0.15, 0.2) is 0 Å². The second kappa shape index (κ2) is 6.37. The van der Waals surface area contributed by atoms with Crippen LogP contribution in [0.1, 0.15) is 39.0 Å². The molecule has 2 N–H and O–H groups in total. The second-order valence-corrected chi connectivity index (χ2v) is 6.26. The molecule has 1 saturated heterocycles. The van der Waals surface area contributed by atoms with E-state index in [4.69, 9.17) is 0 Å². The highest BCUT2D eigenvalue weighted by Crippen LogP contribution is 2.29. The first-order chi connectivity index (χ1) is 10.2. The standard InChI is InChI=1S/C17H25N3O/c1-13(14-6-3-2-4-7-14)19-15-8-5-9-16(12-15)20-11-10-18-17(20)21/h5,8-9,12-14,19H,2-4,6-7,10-11H2,1H3,(H,18,21). The Morgan fingerprint density at radius 1 is 1.29 bits per heavy atom. The molecule has 3 rings (SSSR count). The van der Waals surface area contributed by atoms with Gasteiger partial charge >= 0.3 is 6.03 Å². The zero-order valence-corrected chi connectivity index (χ0v) is 12.8. The third kappa shape index (κ3) is 3.31. The molecule has 2 aliphatic rings. The maximum Gasteiger partial charge on any atom is 0.321 e. The van der Waals surface area contributed by atoms with Gasteiger partial charge in [-0.1, -0.05) is 25.3 Å². The summed E-state index contributed by atoms with van der Waals surface area (Å²) >= 11 is 0. The van der Waals surface area contributed by atoms with Crippen molar-refractivity contribution in [3.63, 3.8) is 0 Å². The van der Waals surface area contributed by atoms with Crippen LogP contribution in [-0.2, 0) is 0 Å². The van der Waals surface area contributed by atoms with Crippen molar-refractivity contribution in [1.29, 1.82) is 0 Å². The summed E-state index contributed by atoms with van der Waals surface area (Å²) in [6.45, 7) is 3.76. The Labute approximate surface area is 126 Å². The fourth-order valence-corrected chi connectivity index (χ4v) is 3.50. The first kappa shape index (κ1) is 14.2. The van der Waals surface area contributed by atoms with Crippen molar-refractivity contribution in [3.05, 3.63) is 24.3 Å². The number of rotatable bonds is 4. The molecule has 0 bridgehead atoms. The molecule has 1 aromatic rings. The summed E-state index contributed by atoms with van der Waals surface area (Å²) in [5, 5.41) is 6.48. The van der Waals surface area contributed by atoms with E-state index in [2.05, 4.69) is 29.7 Å². The molecule has 4 nitrogen and oxygen atoms in total. The number of hydrogen-bond donors (Lipinski definition) is 2. The van der Waals surface area contributed by atoms with E-state index in [0.717, 1.165) is 30.4 Å². The molecule has 1 aliphatic heterocycles. The number of nitrogens with one attached hydrogen (secondary N) is 2. The normalized spacial score (nSPS) is 21.2. The molecule has 21 heavy (non-hydrogen) atoms. The van der Waals surface area contributed by atoms with Gasteiger partial charge in [-0.15, -0.1) is 0 Å². The molecule has 2 fully saturated rings. The molecule has 1 aliphatic carbocycles. The average Bonchev–Trinajstić information content (AvgIpc) is 2.94. The third-order valence-electron chi connectivity index (χ3n) is 4.77. The number of amides is 2. The van der Waals surface area contributed by atoms with Crippen molar-refractivity contribution in [3.8, 4) is 0 Å². The number of urea groups is 1. The van der Waals surface area contributed by atoms with Crippen molar-refractivity contribution < 1.29 is 4.79 Å². The van der Waals surface area contributed by atoms with E-state index in [1.54, 1.807) is 4.90 Å². The van der Waals surface area contributed by atoms with Crippen LogP contribution in [0.3, 0.4) is 0 Å². The van der Waals surface area contributed by atoms with Gasteiger partial charge in [-0.25, -0.2) is 4.79 Å². The summed E-state index contributed by atoms with van der Waals surface area (Å²) in [7, 11) is 0. The smallest absolute Gasteiger partial charge is 0.321 e. The Morgan fingerprint density at radius 2 is 2.10 bits per heavy atom. The van der Waals surface area contributed by atoms with Gasteiger partial charge in [-0.3, -0.25) is 4.90 Å². The molecule has 4 heteroatoms. The monoisotopic (exact) mass is 287 g/mol. The molecule has 0 radical (unpaired) electrons. The lowest BCUT2D eigenvalue weighted by Crippen LogP contribution is -2.29. The van der Waals surface area contributed by atoms with Gasteiger partial charge in [0.2, 0.25) is 0 Å². The van der Waals surface area contributed by atoms with Gasteiger partial charge in [0.05, 0.1) is 0 Å². The summed E-state index contributed by atoms with van der Waals surface area (Å²) < 4.78 is 0. The van der Waals surface area contributed by atoms with Crippen LogP contribution in [0.15, 0.2) is 24.3 Å². The van der Waals surface area contributed by atoms with Gasteiger partial charge in [0.1, 0.15) is 0 Å². The van der Waals surface area contributed by atoms with Gasteiger partial charge in [0.25, 0.3) is 0 Å². The van der Waals surface area contributed by atoms with Crippen LogP contribution in [0.4, 0.5) is 16.2 Å². The van der Waals surface area contributed by atoms with Crippen molar-refractivity contribution in [2.75, 3.05) is 23.3 Å². The minimum Gasteiger partial charge on any atom is -0.382 e. The van der Waals surface area contributed by atoms with Crippen molar-refractivity contribution in [2.45, 2.75) is 45.1 Å². The summed E-state index contributed by atoms with van der Waals surface area (Å²) in [5.74, 6) is 0.775. The van der Waals surface area contributed by atoms with E-state index >= 15 is 0 Å². The van der Waals surface area contributed by atoms with E-state index in [1.807, 2.05) is 12.1 Å². The lowest BCUT2D eigenvalue weighted by atomic mass is 9.84. The number of carbonyl (C=O) groups is 1. The number of carbonyl (C=O) groups excluding carboxylic acids is 1. The molecule has 0 spiro atoms. The first-order valence-corrected chi connectivity index (χ1v) is 8.16. The predicted octanol–water partition coefficient (Wildman–Crippen LogP) is 3.60. The Kier molecular flexibility index (Phi) is 4.32. The molecule has 2 amide bonds. The summed E-state index contributed by atoms with van der Waals surface area (Å²) in [6.07, 6.45) is 6.79. The van der Waals surface area contributed by atoms with E-state index in [1.165, 1.54) is 32.1 Å². The van der Waals surface area contributed by atoms with Gasteiger partial charge < -0.3 is 10.6 Å². The molecule has 1 unspecified atom stereocenters.